The highest BCUT2D eigenvalue weighted by atomic mass is 16.3. The maximum Gasteiger partial charge on any atom is 0.143 e. The van der Waals surface area contributed by atoms with Crippen LogP contribution < -0.4 is 4.90 Å². The molecule has 0 bridgehead atoms. The standard InChI is InChI=1S/C59H51NO/c1-57(2)33-34-58(3,4)53-35-41(27-32-51(53)57)48-36-49-45-17-10-12-21-50(45)59(5,6)52(49)37-54(48)60(42-28-23-39(24-29-42)38-15-8-7-9-16-38)43-30-25-40(26-31-43)44-19-14-20-47-46-18-11-13-22-55(46)61-56(44)47/h7-32,35-37H,33-34H2,1-6H3. The molecule has 61 heavy (non-hydrogen) atoms. The average molecular weight is 790 g/mol. The van der Waals surface area contributed by atoms with Crippen molar-refractivity contribution >= 4 is 39.0 Å². The molecule has 0 aliphatic heterocycles. The van der Waals surface area contributed by atoms with Crippen molar-refractivity contribution in [2.24, 2.45) is 0 Å². The highest BCUT2D eigenvalue weighted by Gasteiger charge is 2.39. The van der Waals surface area contributed by atoms with Crippen molar-refractivity contribution in [3.63, 3.8) is 0 Å². The van der Waals surface area contributed by atoms with Crippen LogP contribution in [0.15, 0.2) is 180 Å². The van der Waals surface area contributed by atoms with Gasteiger partial charge < -0.3 is 9.32 Å². The molecule has 0 saturated heterocycles. The van der Waals surface area contributed by atoms with E-state index in [9.17, 15) is 0 Å². The minimum atomic E-state index is -0.168. The lowest BCUT2D eigenvalue weighted by molar-refractivity contribution is 0.332. The molecule has 0 spiro atoms. The van der Waals surface area contributed by atoms with Gasteiger partial charge in [-0.15, -0.1) is 0 Å². The number of fused-ring (bicyclic) bond motifs is 7. The Balaban J connectivity index is 1.14. The second-order valence-electron chi connectivity index (χ2n) is 19.2. The van der Waals surface area contributed by atoms with E-state index >= 15 is 0 Å². The Morgan fingerprint density at radius 1 is 0.393 bits per heavy atom. The number of hydrogen-bond donors (Lipinski definition) is 0. The molecule has 1 aromatic heterocycles. The predicted octanol–water partition coefficient (Wildman–Crippen LogP) is 16.7. The average Bonchev–Trinajstić information content (AvgIpc) is 3.77. The number of benzene rings is 8. The molecule has 2 heteroatoms. The molecule has 1 heterocycles. The molecule has 2 nitrogen and oxygen atoms in total. The summed E-state index contributed by atoms with van der Waals surface area (Å²) in [6.45, 7) is 14.5. The second kappa shape index (κ2) is 13.7. The van der Waals surface area contributed by atoms with Gasteiger partial charge in [0.25, 0.3) is 0 Å². The summed E-state index contributed by atoms with van der Waals surface area (Å²) in [6.07, 6.45) is 2.36. The van der Waals surface area contributed by atoms with Crippen molar-refractivity contribution in [3.8, 4) is 44.5 Å². The molecular weight excluding hydrogens is 739 g/mol. The maximum absolute atomic E-state index is 6.51. The Kier molecular flexibility index (Phi) is 8.39. The largest absolute Gasteiger partial charge is 0.455 e. The van der Waals surface area contributed by atoms with Gasteiger partial charge in [0.05, 0.1) is 5.69 Å². The molecule has 2 aliphatic rings. The molecule has 298 valence electrons. The van der Waals surface area contributed by atoms with E-state index in [1.165, 1.54) is 74.2 Å². The van der Waals surface area contributed by atoms with Crippen molar-refractivity contribution in [3.05, 3.63) is 198 Å². The van der Waals surface area contributed by atoms with Gasteiger partial charge in [-0.2, -0.15) is 0 Å². The van der Waals surface area contributed by atoms with Crippen LogP contribution in [0.5, 0.6) is 0 Å². The van der Waals surface area contributed by atoms with Crippen molar-refractivity contribution in [1.82, 2.24) is 0 Å². The molecule has 8 aromatic carbocycles. The van der Waals surface area contributed by atoms with Crippen LogP contribution in [0, 0.1) is 0 Å². The lowest BCUT2D eigenvalue weighted by Crippen LogP contribution is -2.33. The number of furan rings is 1. The first-order valence-corrected chi connectivity index (χ1v) is 21.9. The zero-order chi connectivity index (χ0) is 41.7. The Hall–Kier alpha value is -6.64. The summed E-state index contributed by atoms with van der Waals surface area (Å²) in [5, 5.41) is 2.28. The van der Waals surface area contributed by atoms with E-state index in [1.54, 1.807) is 0 Å². The van der Waals surface area contributed by atoms with Crippen LogP contribution in [0.1, 0.15) is 76.6 Å². The molecule has 0 atom stereocenters. The molecule has 9 aromatic rings. The van der Waals surface area contributed by atoms with E-state index < -0.39 is 0 Å². The summed E-state index contributed by atoms with van der Waals surface area (Å²) in [5.74, 6) is 0. The number of rotatable bonds is 6. The summed E-state index contributed by atoms with van der Waals surface area (Å²) in [5.41, 5.74) is 20.7. The first-order valence-electron chi connectivity index (χ1n) is 21.9. The van der Waals surface area contributed by atoms with E-state index in [2.05, 4.69) is 216 Å². The Morgan fingerprint density at radius 3 is 1.74 bits per heavy atom. The van der Waals surface area contributed by atoms with Crippen LogP contribution in [0.4, 0.5) is 17.1 Å². The fraction of sp³-hybridized carbons (Fsp3) is 0.186. The first-order chi connectivity index (χ1) is 29.5. The van der Waals surface area contributed by atoms with E-state index in [0.717, 1.165) is 44.4 Å². The van der Waals surface area contributed by atoms with Gasteiger partial charge >= 0.3 is 0 Å². The lowest BCUT2D eigenvalue weighted by Gasteiger charge is -2.42. The van der Waals surface area contributed by atoms with Gasteiger partial charge in [-0.25, -0.2) is 0 Å². The zero-order valence-electron chi connectivity index (χ0n) is 36.0. The summed E-state index contributed by atoms with van der Waals surface area (Å²) in [6, 6.07) is 65.1. The minimum absolute atomic E-state index is 0.0812. The summed E-state index contributed by atoms with van der Waals surface area (Å²) < 4.78 is 6.51. The van der Waals surface area contributed by atoms with Gasteiger partial charge in [0.1, 0.15) is 11.2 Å². The van der Waals surface area contributed by atoms with E-state index in [4.69, 9.17) is 4.42 Å². The van der Waals surface area contributed by atoms with Gasteiger partial charge in [0.2, 0.25) is 0 Å². The summed E-state index contributed by atoms with van der Waals surface area (Å²) >= 11 is 0. The van der Waals surface area contributed by atoms with Crippen molar-refractivity contribution in [1.29, 1.82) is 0 Å². The third kappa shape index (κ3) is 5.98. The lowest BCUT2D eigenvalue weighted by atomic mass is 9.63. The summed E-state index contributed by atoms with van der Waals surface area (Å²) in [7, 11) is 0. The Morgan fingerprint density at radius 2 is 0.984 bits per heavy atom. The molecule has 0 fully saturated rings. The third-order valence-electron chi connectivity index (χ3n) is 14.2. The number of para-hydroxylation sites is 2. The predicted molar refractivity (Wildman–Crippen MR) is 258 cm³/mol. The fourth-order valence-corrected chi connectivity index (χ4v) is 10.5. The van der Waals surface area contributed by atoms with Gasteiger partial charge in [-0.3, -0.25) is 0 Å². The Bertz CT molecular complexity index is 3140. The highest BCUT2D eigenvalue weighted by Crippen LogP contribution is 2.55. The van der Waals surface area contributed by atoms with E-state index in [-0.39, 0.29) is 16.2 Å². The van der Waals surface area contributed by atoms with E-state index in [1.807, 2.05) is 6.07 Å². The van der Waals surface area contributed by atoms with Crippen molar-refractivity contribution in [2.75, 3.05) is 4.90 Å². The number of anilines is 3. The number of nitrogens with zero attached hydrogens (tertiary/aromatic N) is 1. The smallest absolute Gasteiger partial charge is 0.143 e. The van der Waals surface area contributed by atoms with Gasteiger partial charge in [0, 0.05) is 38.7 Å². The fourth-order valence-electron chi connectivity index (χ4n) is 10.5. The number of hydrogen-bond acceptors (Lipinski definition) is 2. The maximum atomic E-state index is 6.51. The molecule has 0 unspecified atom stereocenters. The normalized spacial score (nSPS) is 15.6. The van der Waals surface area contributed by atoms with Crippen molar-refractivity contribution in [2.45, 2.75) is 70.6 Å². The monoisotopic (exact) mass is 789 g/mol. The second-order valence-corrected chi connectivity index (χ2v) is 19.2. The molecular formula is C59H51NO. The van der Waals surface area contributed by atoms with Crippen molar-refractivity contribution < 1.29 is 4.42 Å². The Labute approximate surface area is 360 Å². The van der Waals surface area contributed by atoms with Gasteiger partial charge in [0.15, 0.2) is 0 Å². The first kappa shape index (κ1) is 37.4. The van der Waals surface area contributed by atoms with Crippen LogP contribution in [-0.4, -0.2) is 0 Å². The minimum Gasteiger partial charge on any atom is -0.455 e. The topological polar surface area (TPSA) is 16.4 Å². The van der Waals surface area contributed by atoms with Gasteiger partial charge in [-0.1, -0.05) is 175 Å². The van der Waals surface area contributed by atoms with Gasteiger partial charge in [-0.05, 0) is 122 Å². The van der Waals surface area contributed by atoms with Crippen LogP contribution in [0.2, 0.25) is 0 Å². The van der Waals surface area contributed by atoms with Crippen LogP contribution in [0.25, 0.3) is 66.4 Å². The molecule has 0 amide bonds. The molecule has 2 aliphatic carbocycles. The van der Waals surface area contributed by atoms with Crippen LogP contribution >= 0.6 is 0 Å². The molecule has 11 rings (SSSR count). The molecule has 0 radical (unpaired) electrons. The SMILES string of the molecule is CC1(C)CCC(C)(C)c2cc(-c3cc4c(cc3N(c3ccc(-c5ccccc5)cc3)c3ccc(-c5cccc6c5oc5ccccc56)cc3)C(C)(C)c3ccccc3-4)ccc21. The van der Waals surface area contributed by atoms with Crippen LogP contribution in [-0.2, 0) is 16.2 Å². The molecule has 0 N–H and O–H groups in total. The van der Waals surface area contributed by atoms with E-state index in [0.29, 0.717) is 0 Å². The third-order valence-corrected chi connectivity index (χ3v) is 14.2. The molecule has 0 saturated carbocycles. The highest BCUT2D eigenvalue weighted by molar-refractivity contribution is 6.09. The zero-order valence-corrected chi connectivity index (χ0v) is 36.0. The quantitative estimate of drug-likeness (QED) is 0.167. The van der Waals surface area contributed by atoms with Crippen LogP contribution in [0.3, 0.4) is 0 Å². The summed E-state index contributed by atoms with van der Waals surface area (Å²) in [4.78, 5) is 2.49.